The van der Waals surface area contributed by atoms with Gasteiger partial charge in [-0.05, 0) is 25.0 Å². The Morgan fingerprint density at radius 1 is 1.24 bits per heavy atom. The Morgan fingerprint density at radius 3 is 2.71 bits per heavy atom. The molecule has 17 heavy (non-hydrogen) atoms. The van der Waals surface area contributed by atoms with Crippen LogP contribution in [0, 0.1) is 0 Å². The van der Waals surface area contributed by atoms with Gasteiger partial charge in [0.05, 0.1) is 0 Å². The van der Waals surface area contributed by atoms with Crippen molar-refractivity contribution in [2.45, 2.75) is 12.8 Å². The van der Waals surface area contributed by atoms with Crippen LogP contribution in [-0.4, -0.2) is 32.8 Å². The molecule has 0 bridgehead atoms. The fourth-order valence-corrected chi connectivity index (χ4v) is 1.32. The van der Waals surface area contributed by atoms with E-state index >= 15 is 0 Å². The third-order valence-electron chi connectivity index (χ3n) is 2.21. The molecule has 0 spiro atoms. The van der Waals surface area contributed by atoms with Crippen molar-refractivity contribution in [3.8, 4) is 5.75 Å². The molecule has 1 rings (SSSR count). The van der Waals surface area contributed by atoms with Gasteiger partial charge in [0.2, 0.25) is 0 Å². The van der Waals surface area contributed by atoms with E-state index in [9.17, 15) is 4.79 Å². The lowest BCUT2D eigenvalue weighted by atomic mass is 10.3. The summed E-state index contributed by atoms with van der Waals surface area (Å²) in [6.07, 6.45) is 1.88. The maximum absolute atomic E-state index is 11.4. The van der Waals surface area contributed by atoms with Gasteiger partial charge in [-0.1, -0.05) is 18.2 Å². The first-order valence-electron chi connectivity index (χ1n) is 5.76. The Hall–Kier alpha value is -1.55. The first-order chi connectivity index (χ1) is 8.33. The van der Waals surface area contributed by atoms with Crippen molar-refractivity contribution in [2.24, 2.45) is 0 Å². The fraction of sp³-hybridized carbons (Fsp3) is 0.462. The Kier molecular flexibility index (Phi) is 6.82. The molecule has 0 aliphatic carbocycles. The molecule has 0 saturated carbocycles. The van der Waals surface area contributed by atoms with Crippen molar-refractivity contribution in [1.82, 2.24) is 5.32 Å². The number of carbonyl (C=O) groups is 1. The molecule has 1 aromatic carbocycles. The van der Waals surface area contributed by atoms with Crippen LogP contribution in [0.1, 0.15) is 12.8 Å². The molecule has 0 atom stereocenters. The molecule has 94 valence electrons. The highest BCUT2D eigenvalue weighted by Crippen LogP contribution is 2.07. The van der Waals surface area contributed by atoms with Crippen molar-refractivity contribution < 1.29 is 14.3 Å². The van der Waals surface area contributed by atoms with E-state index in [0.717, 1.165) is 19.4 Å². The van der Waals surface area contributed by atoms with Crippen LogP contribution in [-0.2, 0) is 9.53 Å². The second kappa shape index (κ2) is 8.58. The number of nitrogens with one attached hydrogen (secondary N) is 1. The molecule has 0 saturated heterocycles. The van der Waals surface area contributed by atoms with Crippen LogP contribution in [0.4, 0.5) is 0 Å². The van der Waals surface area contributed by atoms with Crippen molar-refractivity contribution >= 4 is 5.91 Å². The second-order valence-electron chi connectivity index (χ2n) is 3.65. The molecule has 4 heteroatoms. The lowest BCUT2D eigenvalue weighted by Crippen LogP contribution is -2.29. The average Bonchev–Trinajstić information content (AvgIpc) is 2.37. The molecule has 1 aromatic rings. The summed E-state index contributed by atoms with van der Waals surface area (Å²) < 4.78 is 10.2. The number of rotatable bonds is 8. The summed E-state index contributed by atoms with van der Waals surface area (Å²) >= 11 is 0. The molecule has 1 N–H and O–H groups in total. The largest absolute Gasteiger partial charge is 0.484 e. The summed E-state index contributed by atoms with van der Waals surface area (Å²) in [6, 6.07) is 9.30. The van der Waals surface area contributed by atoms with Gasteiger partial charge in [0.15, 0.2) is 6.61 Å². The summed E-state index contributed by atoms with van der Waals surface area (Å²) in [7, 11) is 1.67. The van der Waals surface area contributed by atoms with Crippen LogP contribution in [0.3, 0.4) is 0 Å². The molecule has 0 unspecified atom stereocenters. The maximum atomic E-state index is 11.4. The number of unbranched alkanes of at least 4 members (excludes halogenated alkanes) is 1. The van der Waals surface area contributed by atoms with E-state index in [2.05, 4.69) is 5.32 Å². The number of para-hydroxylation sites is 1. The highest BCUT2D eigenvalue weighted by atomic mass is 16.5. The normalized spacial score (nSPS) is 9.94. The molecule has 0 aliphatic heterocycles. The predicted octanol–water partition coefficient (Wildman–Crippen LogP) is 1.61. The van der Waals surface area contributed by atoms with Gasteiger partial charge in [-0.3, -0.25) is 4.79 Å². The van der Waals surface area contributed by atoms with Crippen molar-refractivity contribution in [3.05, 3.63) is 30.3 Å². The minimum Gasteiger partial charge on any atom is -0.484 e. The van der Waals surface area contributed by atoms with Crippen LogP contribution < -0.4 is 10.1 Å². The molecule has 4 nitrogen and oxygen atoms in total. The van der Waals surface area contributed by atoms with E-state index < -0.39 is 0 Å². The predicted molar refractivity (Wildman–Crippen MR) is 66.1 cm³/mol. The number of ether oxygens (including phenoxy) is 2. The van der Waals surface area contributed by atoms with Gasteiger partial charge < -0.3 is 14.8 Å². The molecule has 0 radical (unpaired) electrons. The topological polar surface area (TPSA) is 47.6 Å². The number of hydrogen-bond acceptors (Lipinski definition) is 3. The van der Waals surface area contributed by atoms with E-state index in [1.807, 2.05) is 30.3 Å². The van der Waals surface area contributed by atoms with Crippen molar-refractivity contribution in [3.63, 3.8) is 0 Å². The van der Waals surface area contributed by atoms with Crippen molar-refractivity contribution in [1.29, 1.82) is 0 Å². The maximum Gasteiger partial charge on any atom is 0.257 e. The second-order valence-corrected chi connectivity index (χ2v) is 3.65. The van der Waals surface area contributed by atoms with Crippen molar-refractivity contribution in [2.75, 3.05) is 26.9 Å². The van der Waals surface area contributed by atoms with Gasteiger partial charge in [0.1, 0.15) is 5.75 Å². The highest BCUT2D eigenvalue weighted by molar-refractivity contribution is 5.77. The van der Waals surface area contributed by atoms with Gasteiger partial charge in [0, 0.05) is 20.3 Å². The zero-order chi connectivity index (χ0) is 12.3. The smallest absolute Gasteiger partial charge is 0.257 e. The SMILES string of the molecule is COCCCCNC(=O)COc1ccccc1. The van der Waals surface area contributed by atoms with Gasteiger partial charge in [-0.25, -0.2) is 0 Å². The summed E-state index contributed by atoms with van der Waals surface area (Å²) in [5, 5.41) is 2.79. The van der Waals surface area contributed by atoms with Crippen LogP contribution in [0.5, 0.6) is 5.75 Å². The average molecular weight is 237 g/mol. The minimum absolute atomic E-state index is 0.0638. The molecule has 0 aliphatic rings. The molecule has 0 fully saturated rings. The monoisotopic (exact) mass is 237 g/mol. The highest BCUT2D eigenvalue weighted by Gasteiger charge is 2.01. The zero-order valence-corrected chi connectivity index (χ0v) is 10.1. The third kappa shape index (κ3) is 6.58. The van der Waals surface area contributed by atoms with E-state index in [0.29, 0.717) is 12.3 Å². The minimum atomic E-state index is -0.0914. The zero-order valence-electron chi connectivity index (χ0n) is 10.1. The summed E-state index contributed by atoms with van der Waals surface area (Å²) in [6.45, 7) is 1.46. The molecule has 1 amide bonds. The number of carbonyl (C=O) groups excluding carboxylic acids is 1. The van der Waals surface area contributed by atoms with Gasteiger partial charge >= 0.3 is 0 Å². The van der Waals surface area contributed by atoms with Crippen LogP contribution in [0.15, 0.2) is 30.3 Å². The van der Waals surface area contributed by atoms with E-state index in [1.165, 1.54) is 0 Å². The van der Waals surface area contributed by atoms with Crippen LogP contribution in [0.25, 0.3) is 0 Å². The van der Waals surface area contributed by atoms with E-state index in [1.54, 1.807) is 7.11 Å². The molecular weight excluding hydrogens is 218 g/mol. The number of benzene rings is 1. The molecule has 0 heterocycles. The molecular formula is C13H19NO3. The quantitative estimate of drug-likeness (QED) is 0.699. The summed E-state index contributed by atoms with van der Waals surface area (Å²) in [5.41, 5.74) is 0. The first-order valence-corrected chi connectivity index (χ1v) is 5.76. The standard InChI is InChI=1S/C13H19NO3/c1-16-10-6-5-9-14-13(15)11-17-12-7-3-2-4-8-12/h2-4,7-8H,5-6,9-11H2,1H3,(H,14,15). The Morgan fingerprint density at radius 2 is 2.00 bits per heavy atom. The number of methoxy groups -OCH3 is 1. The van der Waals surface area contributed by atoms with Crippen LogP contribution >= 0.6 is 0 Å². The third-order valence-corrected chi connectivity index (χ3v) is 2.21. The van der Waals surface area contributed by atoms with E-state index in [-0.39, 0.29) is 12.5 Å². The number of amides is 1. The van der Waals surface area contributed by atoms with Crippen LogP contribution in [0.2, 0.25) is 0 Å². The first kappa shape index (κ1) is 13.5. The number of hydrogen-bond donors (Lipinski definition) is 1. The van der Waals surface area contributed by atoms with Gasteiger partial charge in [-0.15, -0.1) is 0 Å². The fourth-order valence-electron chi connectivity index (χ4n) is 1.32. The Labute approximate surface area is 102 Å². The summed E-state index contributed by atoms with van der Waals surface area (Å²) in [4.78, 5) is 11.4. The Balaban J connectivity index is 2.05. The summed E-state index contributed by atoms with van der Waals surface area (Å²) in [5.74, 6) is 0.619. The lowest BCUT2D eigenvalue weighted by Gasteiger charge is -2.07. The lowest BCUT2D eigenvalue weighted by molar-refractivity contribution is -0.123. The van der Waals surface area contributed by atoms with E-state index in [4.69, 9.17) is 9.47 Å². The van der Waals surface area contributed by atoms with Gasteiger partial charge in [0.25, 0.3) is 5.91 Å². The van der Waals surface area contributed by atoms with Gasteiger partial charge in [-0.2, -0.15) is 0 Å². The molecule has 0 aromatic heterocycles. The Bertz CT molecular complexity index is 314.